The Morgan fingerprint density at radius 2 is 1.70 bits per heavy atom. The standard InChI is InChI=1S/C17H18BrN3O2/c1-17(2,3)21-15(22)11-8-9-19-14(10-11)16(23)20-13-6-4-12(18)5-7-13/h4-10H,1-3H3,(H,20,23)(H,21,22). The molecule has 0 unspecified atom stereocenters. The highest BCUT2D eigenvalue weighted by Crippen LogP contribution is 2.15. The number of benzene rings is 1. The minimum absolute atomic E-state index is 0.189. The largest absolute Gasteiger partial charge is 0.347 e. The lowest BCUT2D eigenvalue weighted by Gasteiger charge is -2.20. The second-order valence-electron chi connectivity index (χ2n) is 6.09. The van der Waals surface area contributed by atoms with Crippen LogP contribution in [0.1, 0.15) is 41.6 Å². The Hall–Kier alpha value is -2.21. The predicted octanol–water partition coefficient (Wildman–Crippen LogP) is 3.62. The fourth-order valence-electron chi connectivity index (χ4n) is 1.84. The Balaban J connectivity index is 2.14. The topological polar surface area (TPSA) is 71.1 Å². The normalized spacial score (nSPS) is 11.0. The quantitative estimate of drug-likeness (QED) is 0.860. The van der Waals surface area contributed by atoms with Crippen LogP contribution in [0.3, 0.4) is 0 Å². The molecule has 0 aliphatic heterocycles. The van der Waals surface area contributed by atoms with E-state index in [-0.39, 0.29) is 23.0 Å². The molecule has 0 saturated carbocycles. The monoisotopic (exact) mass is 375 g/mol. The third kappa shape index (κ3) is 5.17. The van der Waals surface area contributed by atoms with Gasteiger partial charge in [0, 0.05) is 27.5 Å². The van der Waals surface area contributed by atoms with Crippen molar-refractivity contribution in [2.24, 2.45) is 0 Å². The van der Waals surface area contributed by atoms with Crippen LogP contribution < -0.4 is 10.6 Å². The van der Waals surface area contributed by atoms with E-state index in [0.29, 0.717) is 11.3 Å². The Labute approximate surface area is 143 Å². The number of carbonyl (C=O) groups excluding carboxylic acids is 2. The van der Waals surface area contributed by atoms with Gasteiger partial charge in [0.2, 0.25) is 0 Å². The molecular weight excluding hydrogens is 358 g/mol. The first-order chi connectivity index (χ1) is 10.7. The molecule has 2 amide bonds. The van der Waals surface area contributed by atoms with Crippen LogP contribution in [0.5, 0.6) is 0 Å². The number of pyridine rings is 1. The van der Waals surface area contributed by atoms with Crippen LogP contribution in [0.4, 0.5) is 5.69 Å². The van der Waals surface area contributed by atoms with Gasteiger partial charge in [-0.1, -0.05) is 15.9 Å². The molecule has 0 saturated heterocycles. The summed E-state index contributed by atoms with van der Waals surface area (Å²) >= 11 is 3.34. The van der Waals surface area contributed by atoms with Gasteiger partial charge in [-0.05, 0) is 57.2 Å². The van der Waals surface area contributed by atoms with Gasteiger partial charge in [-0.2, -0.15) is 0 Å². The van der Waals surface area contributed by atoms with E-state index in [1.54, 1.807) is 18.2 Å². The summed E-state index contributed by atoms with van der Waals surface area (Å²) < 4.78 is 0.925. The molecule has 2 N–H and O–H groups in total. The van der Waals surface area contributed by atoms with Crippen LogP contribution in [0.25, 0.3) is 0 Å². The van der Waals surface area contributed by atoms with E-state index in [4.69, 9.17) is 0 Å². The molecule has 0 radical (unpaired) electrons. The first-order valence-corrected chi connectivity index (χ1v) is 7.89. The highest BCUT2D eigenvalue weighted by atomic mass is 79.9. The minimum Gasteiger partial charge on any atom is -0.347 e. The van der Waals surface area contributed by atoms with E-state index < -0.39 is 0 Å². The van der Waals surface area contributed by atoms with Gasteiger partial charge >= 0.3 is 0 Å². The molecule has 0 spiro atoms. The number of nitrogens with one attached hydrogen (secondary N) is 2. The van der Waals surface area contributed by atoms with Crippen LogP contribution in [0, 0.1) is 0 Å². The predicted molar refractivity (Wildman–Crippen MR) is 93.6 cm³/mol. The van der Waals surface area contributed by atoms with Gasteiger partial charge in [0.15, 0.2) is 0 Å². The molecule has 23 heavy (non-hydrogen) atoms. The van der Waals surface area contributed by atoms with Crippen LogP contribution in [-0.4, -0.2) is 22.3 Å². The highest BCUT2D eigenvalue weighted by Gasteiger charge is 2.17. The summed E-state index contributed by atoms with van der Waals surface area (Å²) in [4.78, 5) is 28.4. The molecule has 2 aromatic rings. The van der Waals surface area contributed by atoms with Crippen molar-refractivity contribution in [2.75, 3.05) is 5.32 Å². The van der Waals surface area contributed by atoms with Gasteiger partial charge in [-0.3, -0.25) is 14.6 Å². The number of anilines is 1. The first-order valence-electron chi connectivity index (χ1n) is 7.10. The van der Waals surface area contributed by atoms with Crippen LogP contribution >= 0.6 is 15.9 Å². The second kappa shape index (κ2) is 6.91. The lowest BCUT2D eigenvalue weighted by molar-refractivity contribution is 0.0919. The number of rotatable bonds is 3. The zero-order valence-corrected chi connectivity index (χ0v) is 14.8. The summed E-state index contributed by atoms with van der Waals surface area (Å²) in [5.74, 6) is -0.602. The number of aromatic nitrogens is 1. The number of amides is 2. The third-order valence-electron chi connectivity index (χ3n) is 2.85. The molecule has 2 rings (SSSR count). The fourth-order valence-corrected chi connectivity index (χ4v) is 2.10. The number of hydrogen-bond acceptors (Lipinski definition) is 3. The van der Waals surface area contributed by atoms with E-state index in [1.165, 1.54) is 12.3 Å². The highest BCUT2D eigenvalue weighted by molar-refractivity contribution is 9.10. The molecule has 120 valence electrons. The number of nitrogens with zero attached hydrogens (tertiary/aromatic N) is 1. The van der Waals surface area contributed by atoms with Gasteiger partial charge in [-0.25, -0.2) is 0 Å². The van der Waals surface area contributed by atoms with Gasteiger partial charge in [0.05, 0.1) is 0 Å². The van der Waals surface area contributed by atoms with E-state index in [0.717, 1.165) is 4.47 Å². The maximum atomic E-state index is 12.2. The zero-order valence-electron chi connectivity index (χ0n) is 13.2. The molecule has 0 aliphatic carbocycles. The number of halogens is 1. The van der Waals surface area contributed by atoms with E-state index in [9.17, 15) is 9.59 Å². The van der Waals surface area contributed by atoms with E-state index >= 15 is 0 Å². The Morgan fingerprint density at radius 1 is 1.04 bits per heavy atom. The van der Waals surface area contributed by atoms with Gasteiger partial charge in [-0.15, -0.1) is 0 Å². The Morgan fingerprint density at radius 3 is 2.30 bits per heavy atom. The number of hydrogen-bond donors (Lipinski definition) is 2. The zero-order chi connectivity index (χ0) is 17.0. The maximum absolute atomic E-state index is 12.2. The van der Waals surface area contributed by atoms with E-state index in [1.807, 2.05) is 32.9 Å². The van der Waals surface area contributed by atoms with Crippen molar-refractivity contribution >= 4 is 33.4 Å². The van der Waals surface area contributed by atoms with Crippen molar-refractivity contribution in [1.82, 2.24) is 10.3 Å². The Bertz CT molecular complexity index is 721. The lowest BCUT2D eigenvalue weighted by atomic mass is 10.1. The molecular formula is C17H18BrN3O2. The van der Waals surface area contributed by atoms with Crippen molar-refractivity contribution in [3.05, 3.63) is 58.3 Å². The molecule has 0 bridgehead atoms. The summed E-state index contributed by atoms with van der Waals surface area (Å²) in [5.41, 5.74) is 0.898. The lowest BCUT2D eigenvalue weighted by Crippen LogP contribution is -2.40. The van der Waals surface area contributed by atoms with Crippen molar-refractivity contribution < 1.29 is 9.59 Å². The summed E-state index contributed by atoms with van der Waals surface area (Å²) in [6, 6.07) is 10.3. The van der Waals surface area contributed by atoms with Crippen LogP contribution in [0.15, 0.2) is 47.1 Å². The Kier molecular flexibility index (Phi) is 5.15. The molecule has 1 aromatic heterocycles. The summed E-state index contributed by atoms with van der Waals surface area (Å²) in [5, 5.41) is 5.60. The van der Waals surface area contributed by atoms with Crippen molar-refractivity contribution in [3.63, 3.8) is 0 Å². The van der Waals surface area contributed by atoms with Gasteiger partial charge in [0.1, 0.15) is 5.69 Å². The summed E-state index contributed by atoms with van der Waals surface area (Å²) in [7, 11) is 0. The average molecular weight is 376 g/mol. The summed E-state index contributed by atoms with van der Waals surface area (Å²) in [6.45, 7) is 5.69. The molecule has 1 heterocycles. The van der Waals surface area contributed by atoms with Crippen LogP contribution in [-0.2, 0) is 0 Å². The third-order valence-corrected chi connectivity index (χ3v) is 3.37. The number of carbonyl (C=O) groups is 2. The minimum atomic E-state index is -0.363. The van der Waals surface area contributed by atoms with Gasteiger partial charge in [0.25, 0.3) is 11.8 Å². The smallest absolute Gasteiger partial charge is 0.274 e. The molecule has 0 aliphatic rings. The van der Waals surface area contributed by atoms with Crippen molar-refractivity contribution in [2.45, 2.75) is 26.3 Å². The second-order valence-corrected chi connectivity index (χ2v) is 7.01. The molecule has 0 atom stereocenters. The van der Waals surface area contributed by atoms with Crippen LogP contribution in [0.2, 0.25) is 0 Å². The fraction of sp³-hybridized carbons (Fsp3) is 0.235. The molecule has 6 heteroatoms. The molecule has 1 aromatic carbocycles. The molecule has 5 nitrogen and oxygen atoms in total. The average Bonchev–Trinajstić information content (AvgIpc) is 2.48. The maximum Gasteiger partial charge on any atom is 0.274 e. The van der Waals surface area contributed by atoms with Crippen molar-refractivity contribution in [1.29, 1.82) is 0 Å². The first kappa shape index (κ1) is 17.1. The van der Waals surface area contributed by atoms with Crippen molar-refractivity contribution in [3.8, 4) is 0 Å². The SMILES string of the molecule is CC(C)(C)NC(=O)c1ccnc(C(=O)Nc2ccc(Br)cc2)c1. The molecule has 0 fully saturated rings. The van der Waals surface area contributed by atoms with E-state index in [2.05, 4.69) is 31.5 Å². The van der Waals surface area contributed by atoms with Gasteiger partial charge < -0.3 is 10.6 Å². The summed E-state index contributed by atoms with van der Waals surface area (Å²) in [6.07, 6.45) is 1.45.